The summed E-state index contributed by atoms with van der Waals surface area (Å²) in [6.45, 7) is 0.0468. The summed E-state index contributed by atoms with van der Waals surface area (Å²) < 4.78 is 65.7. The first-order valence-electron chi connectivity index (χ1n) is 8.51. The van der Waals surface area contributed by atoms with Crippen LogP contribution in [0.3, 0.4) is 0 Å². The maximum atomic E-state index is 13.3. The molecule has 1 fully saturated rings. The van der Waals surface area contributed by atoms with E-state index in [4.69, 9.17) is 0 Å². The van der Waals surface area contributed by atoms with Crippen LogP contribution in [0.2, 0.25) is 0 Å². The lowest BCUT2D eigenvalue weighted by Crippen LogP contribution is -2.35. The standard InChI is InChI=1S/C19H18F3NO4S/c20-19(21,22)15-8-4-5-9-17(15)28(26,27)14-10-16(18(24)25)23(12-14)11-13-6-2-1-3-7-13/h1-9,14,16H,10-12H2,(H,24,25). The van der Waals surface area contributed by atoms with E-state index in [1.54, 1.807) is 30.3 Å². The number of alkyl halides is 3. The second kappa shape index (κ2) is 7.56. The predicted octanol–water partition coefficient (Wildman–Crippen LogP) is 3.21. The molecule has 1 N–H and O–H groups in total. The fourth-order valence-electron chi connectivity index (χ4n) is 3.46. The lowest BCUT2D eigenvalue weighted by atomic mass is 10.2. The molecule has 1 heterocycles. The summed E-state index contributed by atoms with van der Waals surface area (Å²) in [4.78, 5) is 12.3. The van der Waals surface area contributed by atoms with E-state index >= 15 is 0 Å². The normalized spacial score (nSPS) is 21.0. The van der Waals surface area contributed by atoms with Crippen molar-refractivity contribution < 1.29 is 31.5 Å². The molecule has 9 heteroatoms. The predicted molar refractivity (Wildman–Crippen MR) is 95.3 cm³/mol. The van der Waals surface area contributed by atoms with E-state index in [1.165, 1.54) is 11.0 Å². The van der Waals surface area contributed by atoms with Crippen molar-refractivity contribution in [3.8, 4) is 0 Å². The maximum Gasteiger partial charge on any atom is 0.417 e. The molecule has 2 unspecified atom stereocenters. The van der Waals surface area contributed by atoms with E-state index in [9.17, 15) is 31.5 Å². The van der Waals surface area contributed by atoms with Gasteiger partial charge in [-0.2, -0.15) is 13.2 Å². The molecule has 0 aliphatic carbocycles. The second-order valence-electron chi connectivity index (χ2n) is 6.67. The minimum Gasteiger partial charge on any atom is -0.480 e. The van der Waals surface area contributed by atoms with Crippen LogP contribution in [0.1, 0.15) is 17.5 Å². The zero-order valence-corrected chi connectivity index (χ0v) is 15.4. The Morgan fingerprint density at radius 3 is 2.29 bits per heavy atom. The van der Waals surface area contributed by atoms with Gasteiger partial charge in [-0.3, -0.25) is 9.69 Å². The van der Waals surface area contributed by atoms with Crippen molar-refractivity contribution in [1.82, 2.24) is 4.90 Å². The SMILES string of the molecule is O=C(O)C1CC(S(=O)(=O)c2ccccc2C(F)(F)F)CN1Cc1ccccc1. The number of halogens is 3. The fraction of sp³-hybridized carbons (Fsp3) is 0.316. The molecule has 1 aliphatic heterocycles. The highest BCUT2D eigenvalue weighted by Gasteiger charge is 2.46. The molecule has 1 aliphatic rings. The largest absolute Gasteiger partial charge is 0.480 e. The number of rotatable bonds is 5. The van der Waals surface area contributed by atoms with Crippen molar-refractivity contribution in [1.29, 1.82) is 0 Å². The Bertz CT molecular complexity index is 961. The van der Waals surface area contributed by atoms with Crippen LogP contribution in [0, 0.1) is 0 Å². The molecule has 3 rings (SSSR count). The van der Waals surface area contributed by atoms with E-state index in [2.05, 4.69) is 0 Å². The van der Waals surface area contributed by atoms with E-state index < -0.39 is 43.7 Å². The van der Waals surface area contributed by atoms with Gasteiger partial charge >= 0.3 is 12.1 Å². The van der Waals surface area contributed by atoms with Crippen molar-refractivity contribution >= 4 is 15.8 Å². The van der Waals surface area contributed by atoms with Gasteiger partial charge in [-0.25, -0.2) is 8.42 Å². The van der Waals surface area contributed by atoms with Gasteiger partial charge < -0.3 is 5.11 Å². The molecule has 2 aromatic rings. The van der Waals surface area contributed by atoms with E-state index in [-0.39, 0.29) is 19.5 Å². The smallest absolute Gasteiger partial charge is 0.417 e. The molecule has 2 aromatic carbocycles. The third-order valence-electron chi connectivity index (χ3n) is 4.82. The number of sulfone groups is 1. The van der Waals surface area contributed by atoms with Gasteiger partial charge in [0.05, 0.1) is 15.7 Å². The number of carboxylic acid groups (broad SMARTS) is 1. The molecular weight excluding hydrogens is 395 g/mol. The Kier molecular flexibility index (Phi) is 5.49. The van der Waals surface area contributed by atoms with Crippen LogP contribution in [-0.2, 0) is 27.4 Å². The van der Waals surface area contributed by atoms with Gasteiger partial charge in [-0.05, 0) is 24.1 Å². The summed E-state index contributed by atoms with van der Waals surface area (Å²) in [6.07, 6.45) is -5.09. The number of hydrogen-bond acceptors (Lipinski definition) is 4. The van der Waals surface area contributed by atoms with Gasteiger partial charge in [0, 0.05) is 13.1 Å². The maximum absolute atomic E-state index is 13.3. The van der Waals surface area contributed by atoms with Gasteiger partial charge in [0.25, 0.3) is 0 Å². The quantitative estimate of drug-likeness (QED) is 0.815. The molecule has 0 radical (unpaired) electrons. The summed E-state index contributed by atoms with van der Waals surface area (Å²) in [5.74, 6) is -1.20. The van der Waals surface area contributed by atoms with Crippen molar-refractivity contribution in [3.63, 3.8) is 0 Å². The average molecular weight is 413 g/mol. The molecular formula is C19H18F3NO4S. The zero-order valence-electron chi connectivity index (χ0n) is 14.6. The first-order chi connectivity index (χ1) is 13.1. The number of benzene rings is 2. The van der Waals surface area contributed by atoms with Crippen LogP contribution in [0.4, 0.5) is 13.2 Å². The van der Waals surface area contributed by atoms with Crippen LogP contribution < -0.4 is 0 Å². The summed E-state index contributed by atoms with van der Waals surface area (Å²) in [5, 5.41) is 8.25. The molecule has 1 saturated heterocycles. The molecule has 0 bridgehead atoms. The summed E-state index contributed by atoms with van der Waals surface area (Å²) in [6, 6.07) is 11.8. The van der Waals surface area contributed by atoms with E-state index in [0.29, 0.717) is 0 Å². The highest BCUT2D eigenvalue weighted by Crippen LogP contribution is 2.37. The minimum absolute atomic E-state index is 0.152. The van der Waals surface area contributed by atoms with Crippen LogP contribution in [0.5, 0.6) is 0 Å². The third kappa shape index (κ3) is 4.05. The third-order valence-corrected chi connectivity index (χ3v) is 7.00. The number of carbonyl (C=O) groups is 1. The highest BCUT2D eigenvalue weighted by molar-refractivity contribution is 7.92. The lowest BCUT2D eigenvalue weighted by molar-refractivity contribution is -0.142. The molecule has 0 spiro atoms. The Balaban J connectivity index is 1.93. The van der Waals surface area contributed by atoms with Crippen LogP contribution in [-0.4, -0.2) is 42.2 Å². The number of nitrogens with zero attached hydrogens (tertiary/aromatic N) is 1. The van der Waals surface area contributed by atoms with Crippen molar-refractivity contribution in [3.05, 3.63) is 65.7 Å². The Morgan fingerprint density at radius 2 is 1.68 bits per heavy atom. The van der Waals surface area contributed by atoms with Crippen LogP contribution >= 0.6 is 0 Å². The monoisotopic (exact) mass is 413 g/mol. The fourth-order valence-corrected chi connectivity index (χ4v) is 5.41. The Hall–Kier alpha value is -2.39. The van der Waals surface area contributed by atoms with Crippen molar-refractivity contribution in [2.24, 2.45) is 0 Å². The van der Waals surface area contributed by atoms with Crippen LogP contribution in [0.25, 0.3) is 0 Å². The van der Waals surface area contributed by atoms with E-state index in [0.717, 1.165) is 23.8 Å². The summed E-state index contributed by atoms with van der Waals surface area (Å²) in [7, 11) is -4.37. The zero-order chi connectivity index (χ0) is 20.5. The first kappa shape index (κ1) is 20.3. The molecule has 2 atom stereocenters. The molecule has 0 amide bonds. The van der Waals surface area contributed by atoms with Gasteiger partial charge in [0.1, 0.15) is 6.04 Å². The lowest BCUT2D eigenvalue weighted by Gasteiger charge is -2.21. The van der Waals surface area contributed by atoms with Gasteiger partial charge in [0.15, 0.2) is 9.84 Å². The number of carboxylic acids is 1. The molecule has 150 valence electrons. The topological polar surface area (TPSA) is 74.7 Å². The highest BCUT2D eigenvalue weighted by atomic mass is 32.2. The van der Waals surface area contributed by atoms with E-state index in [1.807, 2.05) is 0 Å². The molecule has 0 saturated carbocycles. The molecule has 28 heavy (non-hydrogen) atoms. The van der Waals surface area contributed by atoms with Crippen molar-refractivity contribution in [2.75, 3.05) is 6.54 Å². The Morgan fingerprint density at radius 1 is 1.07 bits per heavy atom. The van der Waals surface area contributed by atoms with Gasteiger partial charge in [-0.15, -0.1) is 0 Å². The first-order valence-corrected chi connectivity index (χ1v) is 10.1. The average Bonchev–Trinajstić information content (AvgIpc) is 3.07. The van der Waals surface area contributed by atoms with Crippen LogP contribution in [0.15, 0.2) is 59.5 Å². The second-order valence-corrected chi connectivity index (χ2v) is 8.86. The number of aliphatic carboxylic acids is 1. The van der Waals surface area contributed by atoms with Gasteiger partial charge in [0.2, 0.25) is 0 Å². The van der Waals surface area contributed by atoms with Gasteiger partial charge in [-0.1, -0.05) is 42.5 Å². The Labute approximate surface area is 160 Å². The molecule has 5 nitrogen and oxygen atoms in total. The van der Waals surface area contributed by atoms with Crippen molar-refractivity contribution in [2.45, 2.75) is 35.3 Å². The number of likely N-dealkylation sites (tertiary alicyclic amines) is 1. The summed E-state index contributed by atoms with van der Waals surface area (Å²) in [5.41, 5.74) is -0.439. The minimum atomic E-state index is -4.82. The number of hydrogen-bond donors (Lipinski definition) is 1. The summed E-state index contributed by atoms with van der Waals surface area (Å²) >= 11 is 0. The molecule has 0 aromatic heterocycles.